The van der Waals surface area contributed by atoms with E-state index in [1.54, 1.807) is 6.07 Å². The number of ether oxygens (including phenoxy) is 2. The number of aromatic nitrogens is 1. The van der Waals surface area contributed by atoms with Crippen LogP contribution in [0.5, 0.6) is 5.75 Å². The van der Waals surface area contributed by atoms with Crippen LogP contribution in [0.2, 0.25) is 0 Å². The van der Waals surface area contributed by atoms with Crippen LogP contribution >= 0.6 is 0 Å². The number of hydrogen-bond acceptors (Lipinski definition) is 6. The number of benzene rings is 2. The van der Waals surface area contributed by atoms with Gasteiger partial charge in [0.05, 0.1) is 30.1 Å². The number of hydrogen-bond donors (Lipinski definition) is 1. The molecule has 2 unspecified atom stereocenters. The van der Waals surface area contributed by atoms with E-state index in [4.69, 9.17) is 4.74 Å². The number of anilines is 1. The van der Waals surface area contributed by atoms with E-state index in [2.05, 4.69) is 15.0 Å². The molecule has 210 valence electrons. The number of pyridine rings is 1. The Hall–Kier alpha value is -3.90. The molecule has 2 saturated heterocycles. The molecule has 3 heterocycles. The van der Waals surface area contributed by atoms with Gasteiger partial charge in [0.2, 0.25) is 5.91 Å². The lowest BCUT2D eigenvalue weighted by Crippen LogP contribution is -2.45. The minimum atomic E-state index is -5.01. The summed E-state index contributed by atoms with van der Waals surface area (Å²) in [5.41, 5.74) is 0.743. The number of Topliss-reactive ketones (excluding diaryl/α,β-unsaturated/α-hetero) is 1. The second kappa shape index (κ2) is 11.3. The van der Waals surface area contributed by atoms with Gasteiger partial charge in [-0.15, -0.1) is 13.2 Å². The fourth-order valence-electron chi connectivity index (χ4n) is 4.92. The van der Waals surface area contributed by atoms with Gasteiger partial charge in [-0.05, 0) is 54.8 Å². The van der Waals surface area contributed by atoms with Crippen molar-refractivity contribution in [3.8, 4) is 17.0 Å². The maximum Gasteiger partial charge on any atom is 0.573 e. The first kappa shape index (κ1) is 27.7. The van der Waals surface area contributed by atoms with Crippen LogP contribution in [0.15, 0.2) is 54.7 Å². The van der Waals surface area contributed by atoms with Gasteiger partial charge < -0.3 is 14.8 Å². The monoisotopic (exact) mass is 561 g/mol. The summed E-state index contributed by atoms with van der Waals surface area (Å²) in [5.74, 6) is -3.16. The molecule has 0 spiro atoms. The summed E-state index contributed by atoms with van der Waals surface area (Å²) in [4.78, 5) is 31.7. The lowest BCUT2D eigenvalue weighted by atomic mass is 10.0. The zero-order valence-corrected chi connectivity index (χ0v) is 21.0. The van der Waals surface area contributed by atoms with E-state index in [1.165, 1.54) is 18.3 Å². The van der Waals surface area contributed by atoms with Gasteiger partial charge in [0, 0.05) is 42.9 Å². The van der Waals surface area contributed by atoms with Crippen LogP contribution in [0.25, 0.3) is 11.3 Å². The SMILES string of the molecule is O=C(CN1CC2CCC(C1)O2)Nc1cc(C(=O)Cc2ccc(-c3cc(F)cc(F)c3)nc2)ccc1OC(F)(F)F. The maximum atomic E-state index is 13.5. The average Bonchev–Trinajstić information content (AvgIpc) is 3.21. The Labute approximate surface area is 225 Å². The number of rotatable bonds is 8. The summed E-state index contributed by atoms with van der Waals surface area (Å²) in [5, 5.41) is 2.45. The van der Waals surface area contributed by atoms with Gasteiger partial charge in [0.25, 0.3) is 0 Å². The lowest BCUT2D eigenvalue weighted by molar-refractivity contribution is -0.274. The van der Waals surface area contributed by atoms with Gasteiger partial charge in [0.1, 0.15) is 11.6 Å². The Balaban J connectivity index is 1.29. The summed E-state index contributed by atoms with van der Waals surface area (Å²) in [6, 6.07) is 9.34. The van der Waals surface area contributed by atoms with E-state index in [1.807, 2.05) is 4.90 Å². The van der Waals surface area contributed by atoms with Gasteiger partial charge in [0.15, 0.2) is 11.5 Å². The number of nitrogens with zero attached hydrogens (tertiary/aromatic N) is 2. The van der Waals surface area contributed by atoms with Crippen molar-refractivity contribution < 1.29 is 41.0 Å². The van der Waals surface area contributed by atoms with Crippen molar-refractivity contribution in [3.05, 3.63) is 77.5 Å². The molecule has 2 atom stereocenters. The van der Waals surface area contributed by atoms with Crippen LogP contribution < -0.4 is 10.1 Å². The maximum absolute atomic E-state index is 13.5. The molecule has 2 aliphatic heterocycles. The van der Waals surface area contributed by atoms with Gasteiger partial charge in [-0.3, -0.25) is 19.5 Å². The van der Waals surface area contributed by atoms with Crippen molar-refractivity contribution in [1.29, 1.82) is 0 Å². The molecular formula is C28H24F5N3O4. The van der Waals surface area contributed by atoms with E-state index in [0.29, 0.717) is 24.3 Å². The molecule has 3 aromatic rings. The van der Waals surface area contributed by atoms with Gasteiger partial charge in [-0.1, -0.05) is 6.07 Å². The highest BCUT2D eigenvalue weighted by Crippen LogP contribution is 2.32. The number of carbonyl (C=O) groups is 2. The number of likely N-dealkylation sites (tertiary alicyclic amines) is 1. The number of ketones is 1. The molecule has 5 rings (SSSR count). The van der Waals surface area contributed by atoms with E-state index in [0.717, 1.165) is 43.2 Å². The third-order valence-corrected chi connectivity index (χ3v) is 6.64. The first-order valence-electron chi connectivity index (χ1n) is 12.5. The molecule has 12 heteroatoms. The second-order valence-corrected chi connectivity index (χ2v) is 9.77. The van der Waals surface area contributed by atoms with Crippen molar-refractivity contribution in [2.24, 2.45) is 0 Å². The first-order chi connectivity index (χ1) is 19.0. The number of amides is 1. The molecule has 2 bridgehead atoms. The number of nitrogens with one attached hydrogen (secondary N) is 1. The van der Waals surface area contributed by atoms with Gasteiger partial charge in [-0.2, -0.15) is 0 Å². The summed E-state index contributed by atoms with van der Waals surface area (Å²) in [7, 11) is 0. The quantitative estimate of drug-likeness (QED) is 0.303. The third kappa shape index (κ3) is 6.99. The number of fused-ring (bicyclic) bond motifs is 2. The highest BCUT2D eigenvalue weighted by atomic mass is 19.4. The number of halogens is 5. The Morgan fingerprint density at radius 2 is 1.70 bits per heavy atom. The summed E-state index contributed by atoms with van der Waals surface area (Å²) < 4.78 is 75.8. The van der Waals surface area contributed by atoms with Crippen LogP contribution in [0, 0.1) is 11.6 Å². The minimum Gasteiger partial charge on any atom is -0.404 e. The van der Waals surface area contributed by atoms with Crippen LogP contribution in [0.4, 0.5) is 27.6 Å². The van der Waals surface area contributed by atoms with Crippen molar-refractivity contribution >= 4 is 17.4 Å². The predicted molar refractivity (Wildman–Crippen MR) is 134 cm³/mol. The standard InChI is InChI=1S/C28H24F5N3O4/c29-19-8-18(9-20(30)11-19)23-5-1-16(12-34-23)7-25(37)17-2-6-26(40-28(31,32)33)24(10-17)35-27(38)15-36-13-21-3-4-22(14-36)39-21/h1-2,5-6,8-12,21-22H,3-4,7,13-15H2,(H,35,38). The lowest BCUT2D eigenvalue weighted by Gasteiger charge is -2.31. The summed E-state index contributed by atoms with van der Waals surface area (Å²) >= 11 is 0. The number of morpholine rings is 1. The molecule has 7 nitrogen and oxygen atoms in total. The fraction of sp³-hybridized carbons (Fsp3) is 0.321. The van der Waals surface area contributed by atoms with Crippen molar-refractivity contribution in [2.75, 3.05) is 25.0 Å². The van der Waals surface area contributed by atoms with Crippen LogP contribution in [-0.4, -0.2) is 59.8 Å². The molecule has 0 aliphatic carbocycles. The third-order valence-electron chi connectivity index (χ3n) is 6.64. The number of alkyl halides is 3. The Kier molecular flexibility index (Phi) is 7.81. The Morgan fingerprint density at radius 1 is 1.00 bits per heavy atom. The Morgan fingerprint density at radius 3 is 2.33 bits per heavy atom. The molecular weight excluding hydrogens is 537 g/mol. The zero-order valence-electron chi connectivity index (χ0n) is 21.0. The van der Waals surface area contributed by atoms with Crippen LogP contribution in [0.1, 0.15) is 28.8 Å². The fourth-order valence-corrected chi connectivity index (χ4v) is 4.92. The zero-order chi connectivity index (χ0) is 28.4. The highest BCUT2D eigenvalue weighted by Gasteiger charge is 2.35. The topological polar surface area (TPSA) is 80.8 Å². The second-order valence-electron chi connectivity index (χ2n) is 9.77. The van der Waals surface area contributed by atoms with Crippen molar-refractivity contribution in [2.45, 2.75) is 37.8 Å². The molecule has 0 radical (unpaired) electrons. The van der Waals surface area contributed by atoms with Gasteiger partial charge in [-0.25, -0.2) is 8.78 Å². The smallest absolute Gasteiger partial charge is 0.404 e. The van der Waals surface area contributed by atoms with E-state index >= 15 is 0 Å². The molecule has 0 saturated carbocycles. The minimum absolute atomic E-state index is 0.0372. The summed E-state index contributed by atoms with van der Waals surface area (Å²) in [6.07, 6.45) is -1.92. The van der Waals surface area contributed by atoms with Crippen LogP contribution in [-0.2, 0) is 16.0 Å². The normalized spacial score (nSPS) is 18.9. The van der Waals surface area contributed by atoms with E-state index < -0.39 is 35.4 Å². The van der Waals surface area contributed by atoms with Crippen molar-refractivity contribution in [1.82, 2.24) is 9.88 Å². The molecule has 1 N–H and O–H groups in total. The molecule has 2 aliphatic rings. The largest absolute Gasteiger partial charge is 0.573 e. The average molecular weight is 562 g/mol. The van der Waals surface area contributed by atoms with E-state index in [9.17, 15) is 31.5 Å². The van der Waals surface area contributed by atoms with E-state index in [-0.39, 0.29) is 42.0 Å². The van der Waals surface area contributed by atoms with Crippen LogP contribution in [0.3, 0.4) is 0 Å². The summed E-state index contributed by atoms with van der Waals surface area (Å²) in [6.45, 7) is 1.05. The predicted octanol–water partition coefficient (Wildman–Crippen LogP) is 5.15. The highest BCUT2D eigenvalue weighted by molar-refractivity contribution is 6.00. The Bertz CT molecular complexity index is 1380. The van der Waals surface area contributed by atoms with Crippen molar-refractivity contribution in [3.63, 3.8) is 0 Å². The molecule has 2 fully saturated rings. The molecule has 1 aromatic heterocycles. The van der Waals surface area contributed by atoms with Gasteiger partial charge >= 0.3 is 6.36 Å². The first-order valence-corrected chi connectivity index (χ1v) is 12.5. The number of carbonyl (C=O) groups excluding carboxylic acids is 2. The molecule has 1 amide bonds. The molecule has 2 aromatic carbocycles. The molecule has 40 heavy (non-hydrogen) atoms.